The van der Waals surface area contributed by atoms with Gasteiger partial charge in [0.2, 0.25) is 0 Å². The van der Waals surface area contributed by atoms with Crippen molar-refractivity contribution in [1.29, 1.82) is 0 Å². The predicted molar refractivity (Wildman–Crippen MR) is 76.7 cm³/mol. The van der Waals surface area contributed by atoms with Crippen molar-refractivity contribution in [3.63, 3.8) is 0 Å². The number of methoxy groups -OCH3 is 1. The lowest BCUT2D eigenvalue weighted by molar-refractivity contribution is 0.415. The zero-order chi connectivity index (χ0) is 13.9. The van der Waals surface area contributed by atoms with E-state index in [0.717, 1.165) is 29.1 Å². The molecular formula is C16H15FN2O. The van der Waals surface area contributed by atoms with Crippen LogP contribution in [0, 0.1) is 5.82 Å². The highest BCUT2D eigenvalue weighted by atomic mass is 19.1. The Morgan fingerprint density at radius 1 is 1.10 bits per heavy atom. The third-order valence-electron chi connectivity index (χ3n) is 3.48. The van der Waals surface area contributed by atoms with Gasteiger partial charge in [0.05, 0.1) is 12.8 Å². The fourth-order valence-corrected chi connectivity index (χ4v) is 2.40. The molecule has 3 rings (SSSR count). The largest absolute Gasteiger partial charge is 0.497 e. The van der Waals surface area contributed by atoms with Crippen LogP contribution in [0.2, 0.25) is 0 Å². The van der Waals surface area contributed by atoms with Crippen LogP contribution in [-0.4, -0.2) is 19.4 Å². The zero-order valence-corrected chi connectivity index (χ0v) is 11.1. The molecule has 1 unspecified atom stereocenters. The Balaban J connectivity index is 1.89. The standard InChI is InChI=1S/C16H15FN2O/c1-20-14-8-4-12(5-9-14)16-15(10-18-19-16)11-2-6-13(17)7-3-11/h2-9,15,18H,10H2,1H3. The Morgan fingerprint density at radius 3 is 2.45 bits per heavy atom. The number of rotatable bonds is 3. The molecule has 0 spiro atoms. The highest BCUT2D eigenvalue weighted by molar-refractivity contribution is 6.06. The fraction of sp³-hybridized carbons (Fsp3) is 0.188. The molecule has 3 nitrogen and oxygen atoms in total. The molecule has 1 aliphatic rings. The summed E-state index contributed by atoms with van der Waals surface area (Å²) in [6, 6.07) is 14.4. The lowest BCUT2D eigenvalue weighted by Crippen LogP contribution is -2.14. The molecule has 1 heterocycles. The van der Waals surface area contributed by atoms with Crippen molar-refractivity contribution in [2.45, 2.75) is 5.92 Å². The molecule has 0 bridgehead atoms. The first kappa shape index (κ1) is 12.7. The first-order chi connectivity index (χ1) is 9.78. The molecule has 0 amide bonds. The first-order valence-electron chi connectivity index (χ1n) is 6.48. The van der Waals surface area contributed by atoms with Crippen molar-refractivity contribution in [1.82, 2.24) is 5.43 Å². The van der Waals surface area contributed by atoms with Crippen molar-refractivity contribution in [2.75, 3.05) is 13.7 Å². The van der Waals surface area contributed by atoms with E-state index in [1.807, 2.05) is 36.4 Å². The van der Waals surface area contributed by atoms with Gasteiger partial charge in [0.25, 0.3) is 0 Å². The topological polar surface area (TPSA) is 33.6 Å². The number of ether oxygens (including phenoxy) is 1. The second-order valence-electron chi connectivity index (χ2n) is 4.69. The molecule has 102 valence electrons. The monoisotopic (exact) mass is 270 g/mol. The molecule has 0 fully saturated rings. The van der Waals surface area contributed by atoms with Gasteiger partial charge in [-0.1, -0.05) is 12.1 Å². The third-order valence-corrected chi connectivity index (χ3v) is 3.48. The van der Waals surface area contributed by atoms with Gasteiger partial charge in [-0.2, -0.15) is 5.10 Å². The van der Waals surface area contributed by atoms with E-state index >= 15 is 0 Å². The Hall–Kier alpha value is -2.36. The number of nitrogens with one attached hydrogen (secondary N) is 1. The lowest BCUT2D eigenvalue weighted by atomic mass is 9.91. The van der Waals surface area contributed by atoms with E-state index in [2.05, 4.69) is 10.5 Å². The van der Waals surface area contributed by atoms with Gasteiger partial charge in [-0.05, 0) is 47.5 Å². The average Bonchev–Trinajstić information content (AvgIpc) is 2.97. The van der Waals surface area contributed by atoms with E-state index in [-0.39, 0.29) is 11.7 Å². The van der Waals surface area contributed by atoms with E-state index in [9.17, 15) is 4.39 Å². The highest BCUT2D eigenvalue weighted by Gasteiger charge is 2.24. The van der Waals surface area contributed by atoms with Crippen molar-refractivity contribution in [2.24, 2.45) is 5.10 Å². The molecule has 0 radical (unpaired) electrons. The number of hydrazone groups is 1. The van der Waals surface area contributed by atoms with Crippen molar-refractivity contribution in [3.8, 4) is 5.75 Å². The maximum absolute atomic E-state index is 13.0. The summed E-state index contributed by atoms with van der Waals surface area (Å²) in [6.45, 7) is 0.729. The van der Waals surface area contributed by atoms with Crippen LogP contribution in [0.5, 0.6) is 5.75 Å². The number of halogens is 1. The molecule has 4 heteroatoms. The average molecular weight is 270 g/mol. The summed E-state index contributed by atoms with van der Waals surface area (Å²) in [5.74, 6) is 0.741. The molecule has 1 atom stereocenters. The lowest BCUT2D eigenvalue weighted by Gasteiger charge is -2.13. The van der Waals surface area contributed by atoms with Gasteiger partial charge in [-0.15, -0.1) is 0 Å². The molecule has 0 saturated carbocycles. The van der Waals surface area contributed by atoms with Gasteiger partial charge in [0, 0.05) is 12.5 Å². The molecule has 2 aromatic carbocycles. The van der Waals surface area contributed by atoms with Gasteiger partial charge in [0.1, 0.15) is 11.6 Å². The molecule has 0 aliphatic carbocycles. The van der Waals surface area contributed by atoms with E-state index in [1.54, 1.807) is 7.11 Å². The summed E-state index contributed by atoms with van der Waals surface area (Å²) in [5, 5.41) is 4.37. The maximum atomic E-state index is 13.0. The normalized spacial score (nSPS) is 17.5. The summed E-state index contributed by atoms with van der Waals surface area (Å²) < 4.78 is 18.2. The van der Waals surface area contributed by atoms with Crippen LogP contribution in [0.25, 0.3) is 0 Å². The fourth-order valence-electron chi connectivity index (χ4n) is 2.40. The molecule has 1 N–H and O–H groups in total. The first-order valence-corrected chi connectivity index (χ1v) is 6.48. The van der Waals surface area contributed by atoms with E-state index < -0.39 is 0 Å². The Bertz CT molecular complexity index is 620. The van der Waals surface area contributed by atoms with Crippen LogP contribution >= 0.6 is 0 Å². The minimum Gasteiger partial charge on any atom is -0.497 e. The van der Waals surface area contributed by atoms with Gasteiger partial charge in [-0.25, -0.2) is 4.39 Å². The number of benzene rings is 2. The van der Waals surface area contributed by atoms with Gasteiger partial charge in [0.15, 0.2) is 0 Å². The quantitative estimate of drug-likeness (QED) is 0.930. The van der Waals surface area contributed by atoms with Crippen LogP contribution in [0.3, 0.4) is 0 Å². The van der Waals surface area contributed by atoms with Crippen LogP contribution in [0.15, 0.2) is 53.6 Å². The maximum Gasteiger partial charge on any atom is 0.123 e. The Kier molecular flexibility index (Phi) is 3.37. The van der Waals surface area contributed by atoms with Crippen molar-refractivity contribution in [3.05, 3.63) is 65.5 Å². The SMILES string of the molecule is COc1ccc(C2=NNCC2c2ccc(F)cc2)cc1. The zero-order valence-electron chi connectivity index (χ0n) is 11.1. The van der Waals surface area contributed by atoms with Crippen molar-refractivity contribution >= 4 is 5.71 Å². The molecule has 1 aliphatic heterocycles. The number of nitrogens with zero attached hydrogens (tertiary/aromatic N) is 1. The van der Waals surface area contributed by atoms with Gasteiger partial charge >= 0.3 is 0 Å². The molecule has 2 aromatic rings. The molecule has 0 aromatic heterocycles. The van der Waals surface area contributed by atoms with E-state index in [4.69, 9.17) is 4.74 Å². The smallest absolute Gasteiger partial charge is 0.123 e. The second kappa shape index (κ2) is 5.33. The summed E-state index contributed by atoms with van der Waals surface area (Å²) in [6.07, 6.45) is 0. The number of hydrogen-bond acceptors (Lipinski definition) is 3. The van der Waals surface area contributed by atoms with Gasteiger partial charge < -0.3 is 10.2 Å². The summed E-state index contributed by atoms with van der Waals surface area (Å²) in [7, 11) is 1.64. The van der Waals surface area contributed by atoms with Crippen molar-refractivity contribution < 1.29 is 9.13 Å². The van der Waals surface area contributed by atoms with Crippen LogP contribution in [0.1, 0.15) is 17.0 Å². The minimum absolute atomic E-state index is 0.143. The van der Waals surface area contributed by atoms with Gasteiger partial charge in [-0.3, -0.25) is 0 Å². The van der Waals surface area contributed by atoms with Crippen LogP contribution < -0.4 is 10.2 Å². The predicted octanol–water partition coefficient (Wildman–Crippen LogP) is 2.93. The Labute approximate surface area is 117 Å². The molecule has 0 saturated heterocycles. The van der Waals surface area contributed by atoms with E-state index in [0.29, 0.717) is 0 Å². The number of hydrogen-bond donors (Lipinski definition) is 1. The van der Waals surface area contributed by atoms with E-state index in [1.165, 1.54) is 12.1 Å². The Morgan fingerprint density at radius 2 is 1.80 bits per heavy atom. The third kappa shape index (κ3) is 2.37. The summed E-state index contributed by atoms with van der Waals surface area (Å²) >= 11 is 0. The highest BCUT2D eigenvalue weighted by Crippen LogP contribution is 2.25. The summed E-state index contributed by atoms with van der Waals surface area (Å²) in [5.41, 5.74) is 6.10. The second-order valence-corrected chi connectivity index (χ2v) is 4.69. The molecular weight excluding hydrogens is 255 g/mol. The molecule has 20 heavy (non-hydrogen) atoms. The van der Waals surface area contributed by atoms with Crippen LogP contribution in [-0.2, 0) is 0 Å². The minimum atomic E-state index is -0.220. The van der Waals surface area contributed by atoms with Crippen LogP contribution in [0.4, 0.5) is 4.39 Å². The summed E-state index contributed by atoms with van der Waals surface area (Å²) in [4.78, 5) is 0.